The fourth-order valence-electron chi connectivity index (χ4n) is 1.10. The van der Waals surface area contributed by atoms with Crippen molar-refractivity contribution in [2.75, 3.05) is 12.5 Å². The predicted molar refractivity (Wildman–Crippen MR) is 63.4 cm³/mol. The zero-order valence-electron chi connectivity index (χ0n) is 9.13. The fraction of sp³-hybridized carbons (Fsp3) is 0.300. The summed E-state index contributed by atoms with van der Waals surface area (Å²) in [6.07, 6.45) is 0. The molecule has 79 valence electrons. The van der Waals surface area contributed by atoms with Crippen molar-refractivity contribution in [2.24, 2.45) is 4.99 Å². The van der Waals surface area contributed by atoms with Crippen molar-refractivity contribution in [3.8, 4) is 0 Å². The van der Waals surface area contributed by atoms with Crippen molar-refractivity contribution in [1.82, 2.24) is 5.43 Å². The molecule has 0 amide bonds. The number of rotatable bonds is 3. The summed E-state index contributed by atoms with van der Waals surface area (Å²) in [5.74, 6) is 0.470. The molecule has 0 saturated heterocycles. The molecule has 2 N–H and O–H groups in total. The van der Waals surface area contributed by atoms with Crippen LogP contribution in [0.25, 0.3) is 0 Å². The molecule has 0 aliphatic carbocycles. The molecule has 0 aromatic heterocycles. The smallest absolute Gasteiger partial charge is 0.151 e. The van der Waals surface area contributed by atoms with E-state index >= 15 is 0 Å². The van der Waals surface area contributed by atoms with Crippen LogP contribution < -0.4 is 16.3 Å². The Morgan fingerprint density at radius 1 is 1.47 bits per heavy atom. The van der Waals surface area contributed by atoms with Crippen molar-refractivity contribution >= 4 is 24.3 Å². The molecule has 0 aliphatic rings. The van der Waals surface area contributed by atoms with Crippen LogP contribution in [0.3, 0.4) is 0 Å². The minimum atomic E-state index is -0.268. The van der Waals surface area contributed by atoms with Gasteiger partial charge in [0.15, 0.2) is 7.28 Å². The summed E-state index contributed by atoms with van der Waals surface area (Å²) in [4.78, 5) is 3.92. The van der Waals surface area contributed by atoms with Crippen molar-refractivity contribution < 1.29 is 4.39 Å². The molecular weight excluding hydrogens is 192 g/mol. The molecule has 1 aromatic carbocycles. The van der Waals surface area contributed by atoms with E-state index in [9.17, 15) is 4.39 Å². The van der Waals surface area contributed by atoms with Crippen molar-refractivity contribution in [1.29, 1.82) is 0 Å². The van der Waals surface area contributed by atoms with Crippen molar-refractivity contribution in [3.63, 3.8) is 0 Å². The van der Waals surface area contributed by atoms with Gasteiger partial charge in [-0.25, -0.2) is 4.39 Å². The van der Waals surface area contributed by atoms with Crippen LogP contribution in [-0.4, -0.2) is 20.2 Å². The maximum atomic E-state index is 13.0. The monoisotopic (exact) mass is 206 g/mol. The Labute approximate surface area is 90.0 Å². The van der Waals surface area contributed by atoms with Gasteiger partial charge in [0.1, 0.15) is 11.7 Å². The molecule has 1 aromatic rings. The average Bonchev–Trinajstić information content (AvgIpc) is 2.26. The molecule has 15 heavy (non-hydrogen) atoms. The number of anilines is 1. The summed E-state index contributed by atoms with van der Waals surface area (Å²) in [6.45, 7) is 3.72. The second-order valence-electron chi connectivity index (χ2n) is 3.08. The molecule has 0 atom stereocenters. The Bertz CT molecular complexity index is 366. The summed E-state index contributed by atoms with van der Waals surface area (Å²) in [5, 5.41) is 0. The second kappa shape index (κ2) is 5.39. The summed E-state index contributed by atoms with van der Waals surface area (Å²) >= 11 is 0. The zero-order valence-corrected chi connectivity index (χ0v) is 9.13. The molecule has 1 rings (SSSR count). The first kappa shape index (κ1) is 11.6. The van der Waals surface area contributed by atoms with Crippen LogP contribution in [0.2, 0.25) is 6.82 Å². The quantitative estimate of drug-likeness (QED) is 0.337. The molecule has 0 spiro atoms. The van der Waals surface area contributed by atoms with E-state index in [0.29, 0.717) is 5.69 Å². The maximum Gasteiger partial charge on any atom is 0.151 e. The van der Waals surface area contributed by atoms with Gasteiger partial charge in [0.25, 0.3) is 0 Å². The van der Waals surface area contributed by atoms with E-state index < -0.39 is 0 Å². The van der Waals surface area contributed by atoms with Gasteiger partial charge in [-0.2, -0.15) is 0 Å². The fourth-order valence-corrected chi connectivity index (χ4v) is 1.10. The van der Waals surface area contributed by atoms with Gasteiger partial charge in [-0.3, -0.25) is 10.4 Å². The van der Waals surface area contributed by atoms with Gasteiger partial charge in [0, 0.05) is 7.05 Å². The lowest BCUT2D eigenvalue weighted by atomic mass is 9.72. The summed E-state index contributed by atoms with van der Waals surface area (Å²) in [6, 6.07) is 4.59. The third kappa shape index (κ3) is 3.27. The molecule has 0 heterocycles. The van der Waals surface area contributed by atoms with Gasteiger partial charge in [0.2, 0.25) is 0 Å². The number of nitrogens with one attached hydrogen (secondary N) is 2. The van der Waals surface area contributed by atoms with Gasteiger partial charge < -0.3 is 5.43 Å². The average molecular weight is 206 g/mol. The number of hydrazine groups is 1. The largest absolute Gasteiger partial charge is 0.300 e. The number of aliphatic imine (C=N–C) groups is 1. The van der Waals surface area contributed by atoms with Gasteiger partial charge in [-0.1, -0.05) is 18.4 Å². The van der Waals surface area contributed by atoms with E-state index in [2.05, 4.69) is 15.8 Å². The molecule has 0 fully saturated rings. The lowest BCUT2D eigenvalue weighted by Crippen LogP contribution is -2.31. The second-order valence-corrected chi connectivity index (χ2v) is 3.08. The van der Waals surface area contributed by atoms with E-state index in [1.165, 1.54) is 12.1 Å². The van der Waals surface area contributed by atoms with E-state index in [1.807, 2.05) is 21.0 Å². The number of amidine groups is 1. The first-order chi connectivity index (χ1) is 7.17. The highest BCUT2D eigenvalue weighted by Gasteiger charge is 2.02. The highest BCUT2D eigenvalue weighted by molar-refractivity contribution is 6.54. The van der Waals surface area contributed by atoms with Crippen molar-refractivity contribution in [2.45, 2.75) is 13.7 Å². The first-order valence-corrected chi connectivity index (χ1v) is 4.71. The van der Waals surface area contributed by atoms with Crippen LogP contribution in [0.4, 0.5) is 10.1 Å². The molecular formula is C10H14BFN3. The van der Waals surface area contributed by atoms with Crippen LogP contribution in [0.5, 0.6) is 0 Å². The summed E-state index contributed by atoms with van der Waals surface area (Å²) in [7, 11) is 3.59. The van der Waals surface area contributed by atoms with Crippen LogP contribution in [-0.2, 0) is 0 Å². The van der Waals surface area contributed by atoms with Gasteiger partial charge in [-0.05, 0) is 19.1 Å². The van der Waals surface area contributed by atoms with Crippen LogP contribution in [0, 0.1) is 5.82 Å². The predicted octanol–water partition coefficient (Wildman–Crippen LogP) is 1.17. The zero-order chi connectivity index (χ0) is 11.3. The van der Waals surface area contributed by atoms with Crippen LogP contribution >= 0.6 is 0 Å². The Morgan fingerprint density at radius 2 is 2.20 bits per heavy atom. The van der Waals surface area contributed by atoms with Crippen LogP contribution in [0.1, 0.15) is 6.92 Å². The number of hydrogen-bond donors (Lipinski definition) is 2. The third-order valence-corrected chi connectivity index (χ3v) is 2.04. The topological polar surface area (TPSA) is 36.4 Å². The number of nitrogens with zero attached hydrogens (tertiary/aromatic N) is 1. The van der Waals surface area contributed by atoms with E-state index in [4.69, 9.17) is 0 Å². The Morgan fingerprint density at radius 3 is 2.80 bits per heavy atom. The standard InChI is InChI=1S/C10H14BFN3/c1-7(13-3)14-15-10-6-8(12)4-5-9(10)11-2/h4-6,15H,1-3H3,(H,13,14). The highest BCUT2D eigenvalue weighted by atomic mass is 19.1. The minimum Gasteiger partial charge on any atom is -0.300 e. The SMILES string of the molecule is C[B]c1ccc(F)cc1NNC(C)=NC. The molecule has 5 heteroatoms. The Hall–Kier alpha value is -1.52. The van der Waals surface area contributed by atoms with Crippen LogP contribution in [0.15, 0.2) is 23.2 Å². The minimum absolute atomic E-state index is 0.268. The lowest BCUT2D eigenvalue weighted by Gasteiger charge is -2.12. The Balaban J connectivity index is 2.78. The summed E-state index contributed by atoms with van der Waals surface area (Å²) in [5.41, 5.74) is 7.40. The number of halogens is 1. The molecule has 0 saturated carbocycles. The third-order valence-electron chi connectivity index (χ3n) is 2.04. The highest BCUT2D eigenvalue weighted by Crippen LogP contribution is 2.05. The molecule has 0 aliphatic heterocycles. The number of benzene rings is 1. The van der Waals surface area contributed by atoms with Crippen molar-refractivity contribution in [3.05, 3.63) is 24.0 Å². The van der Waals surface area contributed by atoms with E-state index in [1.54, 1.807) is 13.1 Å². The Kier molecular flexibility index (Phi) is 4.15. The van der Waals surface area contributed by atoms with Gasteiger partial charge in [0.05, 0.1) is 5.69 Å². The maximum absolute atomic E-state index is 13.0. The number of hydrogen-bond acceptors (Lipinski definition) is 2. The molecule has 1 radical (unpaired) electrons. The molecule has 0 unspecified atom stereocenters. The van der Waals surface area contributed by atoms with E-state index in [-0.39, 0.29) is 5.82 Å². The molecule has 0 bridgehead atoms. The van der Waals surface area contributed by atoms with E-state index in [0.717, 1.165) is 11.3 Å². The summed E-state index contributed by atoms with van der Waals surface area (Å²) < 4.78 is 13.0. The first-order valence-electron chi connectivity index (χ1n) is 4.71. The van der Waals surface area contributed by atoms with Gasteiger partial charge >= 0.3 is 0 Å². The van der Waals surface area contributed by atoms with Gasteiger partial charge in [-0.15, -0.1) is 0 Å². The normalized spacial score (nSPS) is 11.1. The lowest BCUT2D eigenvalue weighted by molar-refractivity contribution is 0.628. The molecule has 3 nitrogen and oxygen atoms in total.